The van der Waals surface area contributed by atoms with E-state index in [9.17, 15) is 0 Å². The fourth-order valence-corrected chi connectivity index (χ4v) is 3.35. The molecule has 0 atom stereocenters. The van der Waals surface area contributed by atoms with E-state index in [1.54, 1.807) is 18.7 Å². The van der Waals surface area contributed by atoms with E-state index in [0.717, 1.165) is 16.8 Å². The third-order valence-corrected chi connectivity index (χ3v) is 5.14. The maximum atomic E-state index is 9.09. The zero-order valence-corrected chi connectivity index (χ0v) is 19.1. The van der Waals surface area contributed by atoms with E-state index in [0.29, 0.717) is 35.6 Å². The molecule has 0 saturated carbocycles. The van der Waals surface area contributed by atoms with Crippen LogP contribution in [0.3, 0.4) is 0 Å². The van der Waals surface area contributed by atoms with Gasteiger partial charge >= 0.3 is 0 Å². The van der Waals surface area contributed by atoms with E-state index >= 15 is 0 Å². The maximum Gasteiger partial charge on any atom is 0.248 e. The minimum atomic E-state index is -0.0728. The third-order valence-electron chi connectivity index (χ3n) is 5.14. The number of aliphatic hydroxyl groups is 1. The summed E-state index contributed by atoms with van der Waals surface area (Å²) in [6.45, 7) is 4.50. The summed E-state index contributed by atoms with van der Waals surface area (Å²) in [5.41, 5.74) is 10.4. The van der Waals surface area contributed by atoms with E-state index in [2.05, 4.69) is 30.2 Å². The molecule has 11 nitrogen and oxygen atoms in total. The Bertz CT molecular complexity index is 1270. The van der Waals surface area contributed by atoms with Crippen molar-refractivity contribution in [2.24, 2.45) is 11.6 Å². The first-order chi connectivity index (χ1) is 16.5. The molecule has 4 rings (SSSR count). The fraction of sp³-hybridized carbons (Fsp3) is 0.261. The van der Waals surface area contributed by atoms with Crippen LogP contribution < -0.4 is 21.9 Å². The van der Waals surface area contributed by atoms with Crippen LogP contribution in [0.4, 0.5) is 11.8 Å². The smallest absolute Gasteiger partial charge is 0.248 e. The highest BCUT2D eigenvalue weighted by Crippen LogP contribution is 2.25. The van der Waals surface area contributed by atoms with Gasteiger partial charge in [0.25, 0.3) is 0 Å². The molecule has 0 unspecified atom stereocenters. The molecule has 4 aromatic rings. The van der Waals surface area contributed by atoms with Crippen molar-refractivity contribution in [2.75, 3.05) is 16.9 Å². The molecular formula is C23H28N10O. The number of hydrogen-bond acceptors (Lipinski definition) is 10. The number of nitrogens with zero attached hydrogens (tertiary/aromatic N) is 7. The first-order valence-corrected chi connectivity index (χ1v) is 10.9. The molecule has 0 aliphatic carbocycles. The van der Waals surface area contributed by atoms with Gasteiger partial charge in [0.15, 0.2) is 17.0 Å². The van der Waals surface area contributed by atoms with Crippen molar-refractivity contribution >= 4 is 22.9 Å². The average Bonchev–Trinajstić information content (AvgIpc) is 3.28. The first kappa shape index (κ1) is 23.1. The van der Waals surface area contributed by atoms with Gasteiger partial charge in [-0.05, 0) is 37.6 Å². The lowest BCUT2D eigenvalue weighted by Gasteiger charge is -2.16. The molecule has 6 N–H and O–H groups in total. The molecule has 0 spiro atoms. The maximum absolute atomic E-state index is 9.09. The van der Waals surface area contributed by atoms with Crippen molar-refractivity contribution in [2.45, 2.75) is 32.9 Å². The molecule has 0 aliphatic heterocycles. The number of aromatic nitrogens is 6. The van der Waals surface area contributed by atoms with Crippen LogP contribution in [-0.4, -0.2) is 41.2 Å². The van der Waals surface area contributed by atoms with Crippen LogP contribution in [0.25, 0.3) is 22.4 Å². The van der Waals surface area contributed by atoms with Crippen LogP contribution >= 0.6 is 0 Å². The summed E-state index contributed by atoms with van der Waals surface area (Å²) in [7, 11) is 0. The molecule has 0 aromatic carbocycles. The molecule has 4 heterocycles. The van der Waals surface area contributed by atoms with E-state index in [1.807, 2.05) is 48.9 Å². The predicted molar refractivity (Wildman–Crippen MR) is 131 cm³/mol. The van der Waals surface area contributed by atoms with Crippen LogP contribution in [-0.2, 0) is 6.54 Å². The normalized spacial score (nSPS) is 11.9. The Hall–Kier alpha value is -4.09. The van der Waals surface area contributed by atoms with Crippen molar-refractivity contribution in [3.63, 3.8) is 0 Å². The summed E-state index contributed by atoms with van der Waals surface area (Å²) in [5, 5.41) is 13.7. The van der Waals surface area contributed by atoms with Gasteiger partial charge in [-0.1, -0.05) is 6.07 Å². The molecule has 0 radical (unpaired) electrons. The topological polar surface area (TPSA) is 157 Å². The molecule has 0 amide bonds. The number of imidazole rings is 1. The molecule has 34 heavy (non-hydrogen) atoms. The molecule has 0 bridgehead atoms. The highest BCUT2D eigenvalue weighted by atomic mass is 16.3. The standard InChI is InChI=1S/C23H28N10O/c1-15(2)32-14-29-20-21(30-23(31-22(20)32)33(25)13-18(24)7-9-34)28-11-16-5-6-19(27-10-16)17-4-3-8-26-12-17/h3-6,8,10,12-15,34H,7,9,11,24-25H2,1-2H3,(H,28,30,31)/b18-13-. The number of fused-ring (bicyclic) bond motifs is 1. The highest BCUT2D eigenvalue weighted by Gasteiger charge is 2.17. The Labute approximate surface area is 197 Å². The second-order valence-electron chi connectivity index (χ2n) is 8.02. The number of anilines is 2. The zero-order chi connectivity index (χ0) is 24.1. The van der Waals surface area contributed by atoms with Crippen molar-refractivity contribution in [1.82, 2.24) is 29.5 Å². The van der Waals surface area contributed by atoms with Gasteiger partial charge in [-0.2, -0.15) is 9.97 Å². The quantitative estimate of drug-likeness (QED) is 0.216. The Morgan fingerprint density at radius 1 is 1.21 bits per heavy atom. The lowest BCUT2D eigenvalue weighted by atomic mass is 10.1. The Morgan fingerprint density at radius 3 is 2.74 bits per heavy atom. The van der Waals surface area contributed by atoms with Gasteiger partial charge in [0.2, 0.25) is 5.95 Å². The van der Waals surface area contributed by atoms with Crippen LogP contribution in [0.15, 0.2) is 61.1 Å². The lowest BCUT2D eigenvalue weighted by molar-refractivity contribution is 0.298. The van der Waals surface area contributed by atoms with Crippen LogP contribution in [0.5, 0.6) is 0 Å². The number of aliphatic hydroxyl groups excluding tert-OH is 1. The fourth-order valence-electron chi connectivity index (χ4n) is 3.35. The second kappa shape index (κ2) is 10.2. The van der Waals surface area contributed by atoms with Crippen molar-refractivity contribution in [3.05, 3.63) is 66.6 Å². The third kappa shape index (κ3) is 5.11. The van der Waals surface area contributed by atoms with Crippen molar-refractivity contribution < 1.29 is 5.11 Å². The molecule has 0 aliphatic rings. The molecule has 0 saturated heterocycles. The zero-order valence-electron chi connectivity index (χ0n) is 19.1. The predicted octanol–water partition coefficient (Wildman–Crippen LogP) is 2.34. The molecule has 0 fully saturated rings. The Kier molecular flexibility index (Phi) is 6.95. The number of pyridine rings is 2. The van der Waals surface area contributed by atoms with Crippen LogP contribution in [0.2, 0.25) is 0 Å². The van der Waals surface area contributed by atoms with Crippen molar-refractivity contribution in [3.8, 4) is 11.3 Å². The molecule has 176 valence electrons. The van der Waals surface area contributed by atoms with E-state index in [4.69, 9.17) is 16.7 Å². The summed E-state index contributed by atoms with van der Waals surface area (Å²) < 4.78 is 1.95. The SMILES string of the molecule is CC(C)n1cnc2c(NCc3ccc(-c4cccnc4)nc3)nc(N(N)/C=C(\N)CCO)nc21. The minimum absolute atomic E-state index is 0.0728. The van der Waals surface area contributed by atoms with Gasteiger partial charge in [0.1, 0.15) is 0 Å². The minimum Gasteiger partial charge on any atom is -0.401 e. The second-order valence-corrected chi connectivity index (χ2v) is 8.02. The van der Waals surface area contributed by atoms with Crippen LogP contribution in [0.1, 0.15) is 31.9 Å². The monoisotopic (exact) mass is 460 g/mol. The van der Waals surface area contributed by atoms with Crippen molar-refractivity contribution in [1.29, 1.82) is 0 Å². The van der Waals surface area contributed by atoms with E-state index < -0.39 is 0 Å². The van der Waals surface area contributed by atoms with Crippen LogP contribution in [0, 0.1) is 0 Å². The number of nitrogens with two attached hydrogens (primary N) is 2. The summed E-state index contributed by atoms with van der Waals surface area (Å²) in [6, 6.07) is 7.96. The molecule has 4 aromatic heterocycles. The van der Waals surface area contributed by atoms with Gasteiger partial charge in [0, 0.05) is 61.7 Å². The Morgan fingerprint density at radius 2 is 2.06 bits per heavy atom. The first-order valence-electron chi connectivity index (χ1n) is 10.9. The summed E-state index contributed by atoms with van der Waals surface area (Å²) in [4.78, 5) is 22.4. The molecular weight excluding hydrogens is 432 g/mol. The number of hydrogen-bond donors (Lipinski definition) is 4. The van der Waals surface area contributed by atoms with Gasteiger partial charge in [-0.25, -0.2) is 10.8 Å². The van der Waals surface area contributed by atoms with Gasteiger partial charge in [-0.15, -0.1) is 0 Å². The Balaban J connectivity index is 1.61. The lowest BCUT2D eigenvalue weighted by Crippen LogP contribution is -2.28. The largest absolute Gasteiger partial charge is 0.401 e. The number of nitrogens with one attached hydrogen (secondary N) is 1. The number of rotatable bonds is 9. The van der Waals surface area contributed by atoms with E-state index in [1.165, 1.54) is 11.2 Å². The molecule has 11 heteroatoms. The summed E-state index contributed by atoms with van der Waals surface area (Å²) >= 11 is 0. The average molecular weight is 461 g/mol. The van der Waals surface area contributed by atoms with Gasteiger partial charge in [-0.3, -0.25) is 15.0 Å². The number of hydrazine groups is 1. The summed E-state index contributed by atoms with van der Waals surface area (Å²) in [5.74, 6) is 6.95. The van der Waals surface area contributed by atoms with E-state index in [-0.39, 0.29) is 18.6 Å². The highest BCUT2D eigenvalue weighted by molar-refractivity contribution is 5.84. The summed E-state index contributed by atoms with van der Waals surface area (Å²) in [6.07, 6.45) is 8.86. The van der Waals surface area contributed by atoms with Gasteiger partial charge in [0.05, 0.1) is 12.0 Å². The van der Waals surface area contributed by atoms with Gasteiger partial charge < -0.3 is 20.7 Å².